The summed E-state index contributed by atoms with van der Waals surface area (Å²) >= 11 is 0. The first kappa shape index (κ1) is 8.93. The number of fused-ring (bicyclic) bond motifs is 5. The van der Waals surface area contributed by atoms with E-state index in [0.717, 1.165) is 43.3 Å². The van der Waals surface area contributed by atoms with Gasteiger partial charge in [0.05, 0.1) is 13.2 Å². The van der Waals surface area contributed by atoms with E-state index in [1.807, 2.05) is 0 Å². The summed E-state index contributed by atoms with van der Waals surface area (Å²) in [5.74, 6) is 3.04. The van der Waals surface area contributed by atoms with Gasteiger partial charge in [0.2, 0.25) is 0 Å². The maximum absolute atomic E-state index is 5.76. The Bertz CT molecular complexity index is 227. The Hall–Kier alpha value is -0.340. The summed E-state index contributed by atoms with van der Waals surface area (Å²) in [5.41, 5.74) is 0. The van der Waals surface area contributed by atoms with Crippen LogP contribution in [0.25, 0.3) is 0 Å². The molecule has 0 aromatic carbocycles. The highest BCUT2D eigenvalue weighted by Crippen LogP contribution is 2.49. The van der Waals surface area contributed by atoms with Gasteiger partial charge in [-0.2, -0.15) is 0 Å². The molecule has 0 N–H and O–H groups in total. The van der Waals surface area contributed by atoms with Crippen LogP contribution in [0.5, 0.6) is 0 Å². The molecule has 2 nitrogen and oxygen atoms in total. The zero-order valence-corrected chi connectivity index (χ0v) is 8.69. The van der Waals surface area contributed by atoms with Crippen LogP contribution < -0.4 is 0 Å². The molecule has 0 spiro atoms. The second-order valence-corrected chi connectivity index (χ2v) is 4.78. The van der Waals surface area contributed by atoms with Gasteiger partial charge in [-0.1, -0.05) is 19.1 Å². The highest BCUT2D eigenvalue weighted by Gasteiger charge is 2.46. The van der Waals surface area contributed by atoms with Crippen molar-refractivity contribution in [2.75, 3.05) is 13.2 Å². The Balaban J connectivity index is 1.74. The molecule has 0 aromatic heterocycles. The first-order chi connectivity index (χ1) is 6.88. The van der Waals surface area contributed by atoms with Gasteiger partial charge in [0.25, 0.3) is 0 Å². The summed E-state index contributed by atoms with van der Waals surface area (Å²) < 4.78 is 11.5. The topological polar surface area (TPSA) is 18.5 Å². The van der Waals surface area contributed by atoms with E-state index in [1.165, 1.54) is 6.42 Å². The lowest BCUT2D eigenvalue weighted by Gasteiger charge is -2.23. The van der Waals surface area contributed by atoms with Gasteiger partial charge in [-0.3, -0.25) is 0 Å². The molecule has 78 valence electrons. The Morgan fingerprint density at radius 1 is 1.07 bits per heavy atom. The first-order valence-corrected chi connectivity index (χ1v) is 5.80. The molecule has 2 aliphatic carbocycles. The summed E-state index contributed by atoms with van der Waals surface area (Å²) in [4.78, 5) is 0. The van der Waals surface area contributed by atoms with Gasteiger partial charge >= 0.3 is 0 Å². The highest BCUT2D eigenvalue weighted by molar-refractivity contribution is 5.13. The van der Waals surface area contributed by atoms with Gasteiger partial charge in [-0.15, -0.1) is 0 Å². The van der Waals surface area contributed by atoms with E-state index < -0.39 is 0 Å². The Morgan fingerprint density at radius 2 is 1.64 bits per heavy atom. The van der Waals surface area contributed by atoms with Crippen LogP contribution in [-0.4, -0.2) is 19.5 Å². The van der Waals surface area contributed by atoms with Crippen LogP contribution >= 0.6 is 0 Å². The molecule has 2 fully saturated rings. The van der Waals surface area contributed by atoms with Gasteiger partial charge in [-0.25, -0.2) is 0 Å². The van der Waals surface area contributed by atoms with Gasteiger partial charge in [-0.05, 0) is 36.5 Å². The molecule has 0 radical (unpaired) electrons. The molecule has 3 aliphatic rings. The van der Waals surface area contributed by atoms with Crippen LogP contribution in [-0.2, 0) is 9.47 Å². The van der Waals surface area contributed by atoms with Gasteiger partial charge in [0.1, 0.15) is 0 Å². The summed E-state index contributed by atoms with van der Waals surface area (Å²) in [7, 11) is 0. The molecule has 1 aliphatic heterocycles. The minimum absolute atomic E-state index is 0.0556. The van der Waals surface area contributed by atoms with Gasteiger partial charge in [0.15, 0.2) is 6.29 Å². The average molecular weight is 194 g/mol. The van der Waals surface area contributed by atoms with Crippen LogP contribution in [0.4, 0.5) is 0 Å². The zero-order valence-electron chi connectivity index (χ0n) is 8.69. The molecular formula is C12H18O2. The lowest BCUT2D eigenvalue weighted by Crippen LogP contribution is -2.24. The Morgan fingerprint density at radius 3 is 2.14 bits per heavy atom. The maximum atomic E-state index is 5.76. The molecule has 4 unspecified atom stereocenters. The van der Waals surface area contributed by atoms with E-state index in [-0.39, 0.29) is 6.29 Å². The van der Waals surface area contributed by atoms with Crippen molar-refractivity contribution in [3.05, 3.63) is 12.2 Å². The fourth-order valence-corrected chi connectivity index (χ4v) is 3.24. The summed E-state index contributed by atoms with van der Waals surface area (Å²) in [6.07, 6.45) is 7.16. The average Bonchev–Trinajstić information content (AvgIpc) is 2.73. The minimum atomic E-state index is 0.0556. The van der Waals surface area contributed by atoms with Crippen LogP contribution in [0.1, 0.15) is 19.8 Å². The third-order valence-electron chi connectivity index (χ3n) is 4.08. The molecule has 3 rings (SSSR count). The van der Waals surface area contributed by atoms with Crippen LogP contribution in [0.15, 0.2) is 12.2 Å². The van der Waals surface area contributed by atoms with Crippen molar-refractivity contribution in [3.63, 3.8) is 0 Å². The normalized spacial score (nSPS) is 50.5. The van der Waals surface area contributed by atoms with Crippen molar-refractivity contribution in [1.29, 1.82) is 0 Å². The van der Waals surface area contributed by atoms with Crippen LogP contribution in [0.3, 0.4) is 0 Å². The zero-order chi connectivity index (χ0) is 9.54. The summed E-state index contributed by atoms with van der Waals surface area (Å²) in [6, 6.07) is 0. The standard InChI is InChI=1S/C12H18O2/c1-2-12-13-6-10-8-3-4-9(5-8)11(10)7-14-12/h3-4,8-12H,2,5-7H2,1H3. The fourth-order valence-electron chi connectivity index (χ4n) is 3.24. The molecule has 2 bridgehead atoms. The summed E-state index contributed by atoms with van der Waals surface area (Å²) in [6.45, 7) is 3.95. The number of hydrogen-bond donors (Lipinski definition) is 0. The van der Waals surface area contributed by atoms with Crippen molar-refractivity contribution in [1.82, 2.24) is 0 Å². The van der Waals surface area contributed by atoms with Crippen LogP contribution in [0, 0.1) is 23.7 Å². The molecule has 2 heteroatoms. The minimum Gasteiger partial charge on any atom is -0.352 e. The maximum Gasteiger partial charge on any atom is 0.157 e. The van der Waals surface area contributed by atoms with E-state index in [9.17, 15) is 0 Å². The van der Waals surface area contributed by atoms with Crippen molar-refractivity contribution >= 4 is 0 Å². The lowest BCUT2D eigenvalue weighted by molar-refractivity contribution is -0.133. The van der Waals surface area contributed by atoms with E-state index in [0.29, 0.717) is 0 Å². The third kappa shape index (κ3) is 1.24. The van der Waals surface area contributed by atoms with Crippen molar-refractivity contribution in [2.45, 2.75) is 26.1 Å². The molecule has 4 atom stereocenters. The van der Waals surface area contributed by atoms with E-state index >= 15 is 0 Å². The smallest absolute Gasteiger partial charge is 0.157 e. The first-order valence-electron chi connectivity index (χ1n) is 5.80. The van der Waals surface area contributed by atoms with E-state index in [2.05, 4.69) is 19.1 Å². The number of allylic oxidation sites excluding steroid dienone is 2. The van der Waals surface area contributed by atoms with Crippen molar-refractivity contribution in [3.8, 4) is 0 Å². The molecule has 14 heavy (non-hydrogen) atoms. The molecule has 0 amide bonds. The molecule has 1 saturated heterocycles. The number of hydrogen-bond acceptors (Lipinski definition) is 2. The molecule has 1 heterocycles. The van der Waals surface area contributed by atoms with Gasteiger partial charge < -0.3 is 9.47 Å². The quantitative estimate of drug-likeness (QED) is 0.596. The number of rotatable bonds is 1. The second-order valence-electron chi connectivity index (χ2n) is 4.78. The molecular weight excluding hydrogens is 176 g/mol. The fraction of sp³-hybridized carbons (Fsp3) is 0.833. The highest BCUT2D eigenvalue weighted by atomic mass is 16.7. The Labute approximate surface area is 85.3 Å². The van der Waals surface area contributed by atoms with E-state index in [4.69, 9.17) is 9.47 Å². The van der Waals surface area contributed by atoms with E-state index in [1.54, 1.807) is 0 Å². The second kappa shape index (κ2) is 3.35. The predicted molar refractivity (Wildman–Crippen MR) is 53.7 cm³/mol. The summed E-state index contributed by atoms with van der Waals surface area (Å²) in [5, 5.41) is 0. The van der Waals surface area contributed by atoms with Crippen molar-refractivity contribution < 1.29 is 9.47 Å². The molecule has 0 aromatic rings. The monoisotopic (exact) mass is 194 g/mol. The molecule has 1 saturated carbocycles. The largest absolute Gasteiger partial charge is 0.352 e. The SMILES string of the molecule is CCC1OCC2C3C=CC(C3)C2CO1. The number of ether oxygens (including phenoxy) is 2. The van der Waals surface area contributed by atoms with Gasteiger partial charge in [0, 0.05) is 0 Å². The lowest BCUT2D eigenvalue weighted by atomic mass is 9.84. The van der Waals surface area contributed by atoms with Crippen LogP contribution in [0.2, 0.25) is 0 Å². The third-order valence-corrected chi connectivity index (χ3v) is 4.08. The Kier molecular flexibility index (Phi) is 2.14. The predicted octanol–water partition coefficient (Wildman–Crippen LogP) is 2.21. The van der Waals surface area contributed by atoms with Crippen molar-refractivity contribution in [2.24, 2.45) is 23.7 Å².